The number of carbonyl (C=O) groups is 1. The van der Waals surface area contributed by atoms with Gasteiger partial charge < -0.3 is 10.1 Å². The average Bonchev–Trinajstić information content (AvgIpc) is 2.38. The number of morpholine rings is 1. The van der Waals surface area contributed by atoms with Gasteiger partial charge in [-0.2, -0.15) is 0 Å². The molecule has 1 heterocycles. The third kappa shape index (κ3) is 5.05. The predicted molar refractivity (Wildman–Crippen MR) is 71.2 cm³/mol. The summed E-state index contributed by atoms with van der Waals surface area (Å²) in [5, 5.41) is 5.80. The smallest absolute Gasteiger partial charge is 0.234 e. The maximum absolute atomic E-state index is 11.6. The molecule has 5 nitrogen and oxygen atoms in total. The van der Waals surface area contributed by atoms with Crippen LogP contribution in [0.15, 0.2) is 0 Å². The van der Waals surface area contributed by atoms with E-state index in [1.165, 1.54) is 0 Å². The van der Waals surface area contributed by atoms with E-state index < -0.39 is 0 Å². The summed E-state index contributed by atoms with van der Waals surface area (Å²) in [6.07, 6.45) is 5.09. The molecule has 0 atom stereocenters. The third-order valence-corrected chi connectivity index (χ3v) is 3.10. The highest BCUT2D eigenvalue weighted by Gasteiger charge is 2.28. The van der Waals surface area contributed by atoms with Gasteiger partial charge in [-0.15, -0.1) is 6.42 Å². The Hall–Kier alpha value is -1.09. The number of amides is 1. The van der Waals surface area contributed by atoms with Crippen LogP contribution in [0.3, 0.4) is 0 Å². The number of nitrogens with zero attached hydrogens (tertiary/aromatic N) is 1. The zero-order chi connectivity index (χ0) is 13.4. The first-order valence-corrected chi connectivity index (χ1v) is 6.30. The molecule has 18 heavy (non-hydrogen) atoms. The van der Waals surface area contributed by atoms with E-state index in [1.54, 1.807) is 0 Å². The Morgan fingerprint density at radius 3 is 2.72 bits per heavy atom. The largest absolute Gasteiger partial charge is 0.379 e. The van der Waals surface area contributed by atoms with Crippen LogP contribution in [0.2, 0.25) is 0 Å². The van der Waals surface area contributed by atoms with E-state index >= 15 is 0 Å². The Balaban J connectivity index is 2.27. The van der Waals surface area contributed by atoms with Crippen molar-refractivity contribution in [3.8, 4) is 12.3 Å². The molecule has 102 valence electrons. The normalized spacial score (nSPS) is 17.2. The lowest BCUT2D eigenvalue weighted by atomic mass is 10.0. The third-order valence-electron chi connectivity index (χ3n) is 3.10. The van der Waals surface area contributed by atoms with E-state index in [1.807, 2.05) is 0 Å². The molecule has 0 radical (unpaired) electrons. The molecule has 2 N–H and O–H groups in total. The van der Waals surface area contributed by atoms with Crippen molar-refractivity contribution >= 4 is 5.91 Å². The first-order valence-electron chi connectivity index (χ1n) is 6.30. The summed E-state index contributed by atoms with van der Waals surface area (Å²) in [7, 11) is 0. The van der Waals surface area contributed by atoms with E-state index in [0.29, 0.717) is 13.1 Å². The van der Waals surface area contributed by atoms with Gasteiger partial charge in [-0.3, -0.25) is 15.0 Å². The molecule has 1 saturated heterocycles. The van der Waals surface area contributed by atoms with Gasteiger partial charge in [0.15, 0.2) is 0 Å². The average molecular weight is 253 g/mol. The maximum atomic E-state index is 11.6. The topological polar surface area (TPSA) is 53.6 Å². The molecule has 1 fully saturated rings. The Morgan fingerprint density at radius 1 is 1.44 bits per heavy atom. The predicted octanol–water partition coefficient (Wildman–Crippen LogP) is -0.564. The van der Waals surface area contributed by atoms with Gasteiger partial charge in [0.1, 0.15) is 0 Å². The maximum Gasteiger partial charge on any atom is 0.234 e. The Kier molecular flexibility index (Phi) is 6.13. The van der Waals surface area contributed by atoms with Crippen molar-refractivity contribution < 1.29 is 9.53 Å². The molecule has 1 rings (SSSR count). The highest BCUT2D eigenvalue weighted by Crippen LogP contribution is 2.14. The second kappa shape index (κ2) is 7.37. The fraction of sp³-hybridized carbons (Fsp3) is 0.769. The van der Waals surface area contributed by atoms with Crippen molar-refractivity contribution in [1.29, 1.82) is 0 Å². The van der Waals surface area contributed by atoms with Gasteiger partial charge in [-0.05, 0) is 13.8 Å². The van der Waals surface area contributed by atoms with Crippen molar-refractivity contribution in [1.82, 2.24) is 15.5 Å². The molecular formula is C13H23N3O2. The summed E-state index contributed by atoms with van der Waals surface area (Å²) in [6.45, 7) is 8.94. The fourth-order valence-corrected chi connectivity index (χ4v) is 1.91. The molecule has 0 aromatic carbocycles. The van der Waals surface area contributed by atoms with Crippen molar-refractivity contribution in [2.45, 2.75) is 19.4 Å². The molecular weight excluding hydrogens is 230 g/mol. The van der Waals surface area contributed by atoms with Crippen LogP contribution in [0.1, 0.15) is 13.8 Å². The molecule has 0 unspecified atom stereocenters. The number of terminal acetylenes is 1. The second-order valence-corrected chi connectivity index (χ2v) is 5.00. The van der Waals surface area contributed by atoms with Crippen molar-refractivity contribution in [2.24, 2.45) is 0 Å². The molecule has 1 aliphatic rings. The van der Waals surface area contributed by atoms with Gasteiger partial charge in [-0.1, -0.05) is 5.92 Å². The van der Waals surface area contributed by atoms with Crippen molar-refractivity contribution in [2.75, 3.05) is 45.9 Å². The fourth-order valence-electron chi connectivity index (χ4n) is 1.91. The zero-order valence-electron chi connectivity index (χ0n) is 11.3. The quantitative estimate of drug-likeness (QED) is 0.492. The van der Waals surface area contributed by atoms with Crippen LogP contribution in [0.5, 0.6) is 0 Å². The molecule has 5 heteroatoms. The SMILES string of the molecule is C#CCNCC(=O)NCC(C)(C)N1CCOCC1. The number of rotatable bonds is 6. The zero-order valence-corrected chi connectivity index (χ0v) is 11.3. The van der Waals surface area contributed by atoms with Crippen LogP contribution in [0.4, 0.5) is 0 Å². The van der Waals surface area contributed by atoms with Gasteiger partial charge in [0.05, 0.1) is 26.3 Å². The van der Waals surface area contributed by atoms with Gasteiger partial charge in [0.25, 0.3) is 0 Å². The number of hydrogen-bond acceptors (Lipinski definition) is 4. The van der Waals surface area contributed by atoms with Gasteiger partial charge in [0.2, 0.25) is 5.91 Å². The summed E-state index contributed by atoms with van der Waals surface area (Å²) >= 11 is 0. The Morgan fingerprint density at radius 2 is 2.11 bits per heavy atom. The lowest BCUT2D eigenvalue weighted by Gasteiger charge is -2.40. The summed E-state index contributed by atoms with van der Waals surface area (Å²) in [5.74, 6) is 2.41. The summed E-state index contributed by atoms with van der Waals surface area (Å²) < 4.78 is 5.33. The standard InChI is InChI=1S/C13H23N3O2/c1-4-5-14-10-12(17)15-11-13(2,3)16-6-8-18-9-7-16/h1,14H,5-11H2,2-3H3,(H,15,17). The Labute approximate surface area is 109 Å². The minimum atomic E-state index is -0.0500. The van der Waals surface area contributed by atoms with Gasteiger partial charge in [0, 0.05) is 25.2 Å². The molecule has 0 aromatic rings. The minimum Gasteiger partial charge on any atom is -0.379 e. The van der Waals surface area contributed by atoms with Crippen molar-refractivity contribution in [3.05, 3.63) is 0 Å². The van der Waals surface area contributed by atoms with Crippen LogP contribution in [0, 0.1) is 12.3 Å². The second-order valence-electron chi connectivity index (χ2n) is 5.00. The van der Waals surface area contributed by atoms with Crippen LogP contribution in [0.25, 0.3) is 0 Å². The lowest BCUT2D eigenvalue weighted by Crippen LogP contribution is -2.55. The highest BCUT2D eigenvalue weighted by molar-refractivity contribution is 5.78. The molecule has 1 amide bonds. The van der Waals surface area contributed by atoms with Crippen LogP contribution in [-0.4, -0.2) is 62.3 Å². The molecule has 1 aliphatic heterocycles. The van der Waals surface area contributed by atoms with E-state index in [9.17, 15) is 4.79 Å². The van der Waals surface area contributed by atoms with Crippen molar-refractivity contribution in [3.63, 3.8) is 0 Å². The number of hydrogen-bond donors (Lipinski definition) is 2. The first-order chi connectivity index (χ1) is 8.56. The van der Waals surface area contributed by atoms with Gasteiger partial charge in [-0.25, -0.2) is 0 Å². The monoisotopic (exact) mass is 253 g/mol. The van der Waals surface area contributed by atoms with Crippen LogP contribution < -0.4 is 10.6 Å². The van der Waals surface area contributed by atoms with Crippen LogP contribution in [-0.2, 0) is 9.53 Å². The summed E-state index contributed by atoms with van der Waals surface area (Å²) in [4.78, 5) is 13.9. The number of ether oxygens (including phenoxy) is 1. The molecule has 0 spiro atoms. The Bertz CT molecular complexity index is 304. The van der Waals surface area contributed by atoms with Gasteiger partial charge >= 0.3 is 0 Å². The highest BCUT2D eigenvalue weighted by atomic mass is 16.5. The minimum absolute atomic E-state index is 0.0217. The van der Waals surface area contributed by atoms with E-state index in [0.717, 1.165) is 26.3 Å². The number of nitrogens with one attached hydrogen (secondary N) is 2. The van der Waals surface area contributed by atoms with E-state index in [-0.39, 0.29) is 18.0 Å². The molecule has 0 saturated carbocycles. The van der Waals surface area contributed by atoms with Crippen LogP contribution >= 0.6 is 0 Å². The molecule has 0 bridgehead atoms. The lowest BCUT2D eigenvalue weighted by molar-refractivity contribution is -0.121. The molecule has 0 aromatic heterocycles. The van der Waals surface area contributed by atoms with E-state index in [4.69, 9.17) is 11.2 Å². The molecule has 0 aliphatic carbocycles. The first kappa shape index (κ1) is 15.0. The number of carbonyl (C=O) groups excluding carboxylic acids is 1. The summed E-state index contributed by atoms with van der Waals surface area (Å²) in [5.41, 5.74) is -0.0500. The summed E-state index contributed by atoms with van der Waals surface area (Å²) in [6, 6.07) is 0. The van der Waals surface area contributed by atoms with E-state index in [2.05, 4.69) is 35.3 Å².